The first kappa shape index (κ1) is 22.3. The van der Waals surface area contributed by atoms with Crippen LogP contribution >= 0.6 is 0 Å². The van der Waals surface area contributed by atoms with Gasteiger partial charge in [0.25, 0.3) is 5.91 Å². The molecule has 0 aromatic heterocycles. The number of nitrogens with one attached hydrogen (secondary N) is 2. The Kier molecular flexibility index (Phi) is 6.89. The number of ether oxygens (including phenoxy) is 1. The molecule has 2 aromatic rings. The summed E-state index contributed by atoms with van der Waals surface area (Å²) in [6, 6.07) is 11.2. The average molecular weight is 408 g/mol. The van der Waals surface area contributed by atoms with Crippen molar-refractivity contribution < 1.29 is 27.5 Å². The maximum absolute atomic E-state index is 12.6. The molecule has 0 aliphatic carbocycles. The van der Waals surface area contributed by atoms with Gasteiger partial charge in [0, 0.05) is 17.8 Å². The first-order valence-electron chi connectivity index (χ1n) is 8.98. The van der Waals surface area contributed by atoms with Crippen molar-refractivity contribution in [3.8, 4) is 0 Å². The Hall–Kier alpha value is -3.03. The van der Waals surface area contributed by atoms with Crippen molar-refractivity contribution in [2.75, 3.05) is 11.9 Å². The summed E-state index contributed by atoms with van der Waals surface area (Å²) in [6.07, 6.45) is -4.61. The van der Waals surface area contributed by atoms with Crippen LogP contribution in [0.4, 0.5) is 23.7 Å². The van der Waals surface area contributed by atoms with Gasteiger partial charge in [-0.25, -0.2) is 4.79 Å². The van der Waals surface area contributed by atoms with Crippen molar-refractivity contribution in [3.05, 3.63) is 65.2 Å². The summed E-state index contributed by atoms with van der Waals surface area (Å²) in [7, 11) is 0. The summed E-state index contributed by atoms with van der Waals surface area (Å²) in [5, 5.41) is 5.27. The highest BCUT2D eigenvalue weighted by Gasteiger charge is 2.29. The van der Waals surface area contributed by atoms with Crippen molar-refractivity contribution in [1.29, 1.82) is 0 Å². The lowest BCUT2D eigenvalue weighted by Gasteiger charge is -2.19. The van der Waals surface area contributed by atoms with E-state index >= 15 is 0 Å². The van der Waals surface area contributed by atoms with E-state index in [0.29, 0.717) is 23.2 Å². The van der Waals surface area contributed by atoms with E-state index in [9.17, 15) is 22.8 Å². The van der Waals surface area contributed by atoms with E-state index in [-0.39, 0.29) is 12.5 Å². The van der Waals surface area contributed by atoms with Gasteiger partial charge in [0.1, 0.15) is 5.60 Å². The van der Waals surface area contributed by atoms with Gasteiger partial charge in [0.15, 0.2) is 0 Å². The first-order chi connectivity index (χ1) is 13.4. The number of carbonyl (C=O) groups is 2. The number of hydrogen-bond acceptors (Lipinski definition) is 3. The zero-order valence-electron chi connectivity index (χ0n) is 16.4. The minimum Gasteiger partial charge on any atom is -0.444 e. The molecule has 0 saturated carbocycles. The molecule has 2 aromatic carbocycles. The van der Waals surface area contributed by atoms with E-state index in [4.69, 9.17) is 4.74 Å². The zero-order chi connectivity index (χ0) is 21.7. The number of amides is 2. The largest absolute Gasteiger partial charge is 0.444 e. The number of anilines is 1. The molecule has 0 fully saturated rings. The van der Waals surface area contributed by atoms with E-state index in [1.807, 2.05) is 0 Å². The van der Waals surface area contributed by atoms with Crippen molar-refractivity contribution in [3.63, 3.8) is 0 Å². The standard InChI is InChI=1S/C21H23F3N2O3/c1-20(2,3)29-19(28)26-17-6-4-5-15(13-17)18(27)25-12-11-14-7-9-16(10-8-14)21(22,23)24/h4-10,13H,11-12H2,1-3H3,(H,25,27)(H,26,28). The highest BCUT2D eigenvalue weighted by molar-refractivity contribution is 5.96. The molecule has 8 heteroatoms. The van der Waals surface area contributed by atoms with Crippen molar-refractivity contribution >= 4 is 17.7 Å². The third kappa shape index (κ3) is 7.48. The van der Waals surface area contributed by atoms with Gasteiger partial charge in [-0.2, -0.15) is 13.2 Å². The Bertz CT molecular complexity index is 857. The molecule has 2 amide bonds. The molecule has 0 radical (unpaired) electrons. The van der Waals surface area contributed by atoms with E-state index in [1.165, 1.54) is 18.2 Å². The lowest BCUT2D eigenvalue weighted by atomic mass is 10.1. The number of rotatable bonds is 5. The molecule has 0 saturated heterocycles. The summed E-state index contributed by atoms with van der Waals surface area (Å²) in [5.41, 5.74) is 0.0797. The highest BCUT2D eigenvalue weighted by atomic mass is 19.4. The van der Waals surface area contributed by atoms with Crippen molar-refractivity contribution in [2.24, 2.45) is 0 Å². The Morgan fingerprint density at radius 3 is 2.24 bits per heavy atom. The van der Waals surface area contributed by atoms with Crippen LogP contribution in [0.2, 0.25) is 0 Å². The highest BCUT2D eigenvalue weighted by Crippen LogP contribution is 2.29. The molecule has 29 heavy (non-hydrogen) atoms. The van der Waals surface area contributed by atoms with Crippen molar-refractivity contribution in [2.45, 2.75) is 39.0 Å². The van der Waals surface area contributed by atoms with Crippen LogP contribution in [0.15, 0.2) is 48.5 Å². The fraction of sp³-hybridized carbons (Fsp3) is 0.333. The second-order valence-corrected chi connectivity index (χ2v) is 7.41. The predicted octanol–water partition coefficient (Wildman–Crippen LogP) is 5.02. The molecule has 0 atom stereocenters. The van der Waals surface area contributed by atoms with Crippen LogP contribution in [-0.4, -0.2) is 24.1 Å². The molecule has 0 aliphatic rings. The molecule has 0 heterocycles. The molecule has 2 rings (SSSR count). The Balaban J connectivity index is 1.88. The number of alkyl halides is 3. The van der Waals surface area contributed by atoms with E-state index < -0.39 is 23.4 Å². The maximum atomic E-state index is 12.6. The van der Waals surface area contributed by atoms with E-state index in [1.54, 1.807) is 39.0 Å². The Morgan fingerprint density at radius 2 is 1.66 bits per heavy atom. The van der Waals surface area contributed by atoms with Crippen molar-refractivity contribution in [1.82, 2.24) is 5.32 Å². The van der Waals surface area contributed by atoms with Crippen LogP contribution in [0.1, 0.15) is 42.3 Å². The molecule has 0 spiro atoms. The molecule has 2 N–H and O–H groups in total. The third-order valence-corrected chi connectivity index (χ3v) is 3.75. The number of carbonyl (C=O) groups excluding carboxylic acids is 2. The smallest absolute Gasteiger partial charge is 0.416 e. The monoisotopic (exact) mass is 408 g/mol. The van der Waals surface area contributed by atoms with Crippen LogP contribution in [0.3, 0.4) is 0 Å². The van der Waals surface area contributed by atoms with Gasteiger partial charge in [-0.05, 0) is 63.1 Å². The van der Waals surface area contributed by atoms with Crippen LogP contribution in [0.5, 0.6) is 0 Å². The molecule has 5 nitrogen and oxygen atoms in total. The molecule has 0 aliphatic heterocycles. The van der Waals surface area contributed by atoms with Gasteiger partial charge in [-0.1, -0.05) is 18.2 Å². The first-order valence-corrected chi connectivity index (χ1v) is 8.98. The van der Waals surface area contributed by atoms with Gasteiger partial charge in [0.2, 0.25) is 0 Å². The number of hydrogen-bond donors (Lipinski definition) is 2. The molecule has 0 unspecified atom stereocenters. The molecular formula is C21H23F3N2O3. The summed E-state index contributed by atoms with van der Waals surface area (Å²) in [6.45, 7) is 5.49. The molecular weight excluding hydrogens is 385 g/mol. The zero-order valence-corrected chi connectivity index (χ0v) is 16.4. The summed E-state index contributed by atoms with van der Waals surface area (Å²) >= 11 is 0. The lowest BCUT2D eigenvalue weighted by molar-refractivity contribution is -0.137. The summed E-state index contributed by atoms with van der Waals surface area (Å²) in [4.78, 5) is 24.1. The van der Waals surface area contributed by atoms with Gasteiger partial charge >= 0.3 is 12.3 Å². The topological polar surface area (TPSA) is 67.4 Å². The fourth-order valence-electron chi connectivity index (χ4n) is 2.44. The Labute approximate surface area is 167 Å². The second-order valence-electron chi connectivity index (χ2n) is 7.41. The van der Waals surface area contributed by atoms with E-state index in [2.05, 4.69) is 10.6 Å². The van der Waals surface area contributed by atoms with E-state index in [0.717, 1.165) is 12.1 Å². The second kappa shape index (κ2) is 8.98. The van der Waals surface area contributed by atoms with Crippen LogP contribution in [-0.2, 0) is 17.3 Å². The molecule has 0 bridgehead atoms. The lowest BCUT2D eigenvalue weighted by Crippen LogP contribution is -2.28. The SMILES string of the molecule is CC(C)(C)OC(=O)Nc1cccc(C(=O)NCCc2ccc(C(F)(F)F)cc2)c1. The van der Waals surface area contributed by atoms with Gasteiger partial charge in [0.05, 0.1) is 5.56 Å². The molecule has 156 valence electrons. The van der Waals surface area contributed by atoms with Crippen LogP contribution in [0.25, 0.3) is 0 Å². The number of benzene rings is 2. The van der Waals surface area contributed by atoms with Crippen LogP contribution < -0.4 is 10.6 Å². The van der Waals surface area contributed by atoms with Gasteiger partial charge in [-0.3, -0.25) is 10.1 Å². The normalized spacial score (nSPS) is 11.7. The minimum absolute atomic E-state index is 0.258. The third-order valence-electron chi connectivity index (χ3n) is 3.75. The van der Waals surface area contributed by atoms with Crippen LogP contribution in [0, 0.1) is 0 Å². The van der Waals surface area contributed by atoms with Gasteiger partial charge in [-0.15, -0.1) is 0 Å². The summed E-state index contributed by atoms with van der Waals surface area (Å²) in [5.74, 6) is -0.357. The maximum Gasteiger partial charge on any atom is 0.416 e. The predicted molar refractivity (Wildman–Crippen MR) is 104 cm³/mol. The van der Waals surface area contributed by atoms with Gasteiger partial charge < -0.3 is 10.1 Å². The Morgan fingerprint density at radius 1 is 1.00 bits per heavy atom. The quantitative estimate of drug-likeness (QED) is 0.730. The summed E-state index contributed by atoms with van der Waals surface area (Å²) < 4.78 is 42.9. The fourth-order valence-corrected chi connectivity index (χ4v) is 2.44. The number of halogens is 3. The minimum atomic E-state index is -4.37. The average Bonchev–Trinajstić information content (AvgIpc) is 2.60.